The second-order valence-corrected chi connectivity index (χ2v) is 4.35. The molecule has 0 radical (unpaired) electrons. The fourth-order valence-electron chi connectivity index (χ4n) is 1.05. The van der Waals surface area contributed by atoms with E-state index in [-0.39, 0.29) is 5.41 Å². The highest BCUT2D eigenvalue weighted by atomic mass is 14.7. The van der Waals surface area contributed by atoms with E-state index in [2.05, 4.69) is 51.7 Å². The average molecular weight is 223 g/mol. The van der Waals surface area contributed by atoms with Crippen molar-refractivity contribution in [2.24, 2.45) is 0 Å². The van der Waals surface area contributed by atoms with Crippen LogP contribution >= 0.6 is 0 Å². The van der Waals surface area contributed by atoms with E-state index in [0.717, 1.165) is 5.69 Å². The van der Waals surface area contributed by atoms with Crippen LogP contribution in [-0.4, -0.2) is 4.98 Å². The van der Waals surface area contributed by atoms with Gasteiger partial charge in [0, 0.05) is 16.8 Å². The van der Waals surface area contributed by atoms with E-state index in [9.17, 15) is 0 Å². The summed E-state index contributed by atoms with van der Waals surface area (Å²) >= 11 is 0. The van der Waals surface area contributed by atoms with Crippen LogP contribution in [0.2, 0.25) is 0 Å². The second kappa shape index (κ2) is 8.32. The number of rotatable bonds is 0. The van der Waals surface area contributed by atoms with E-state index in [1.165, 1.54) is 11.3 Å². The summed E-state index contributed by atoms with van der Waals surface area (Å²) in [5.74, 6) is 0. The van der Waals surface area contributed by atoms with Crippen LogP contribution in [0, 0.1) is 13.8 Å². The van der Waals surface area contributed by atoms with Gasteiger partial charge in [0.25, 0.3) is 0 Å². The van der Waals surface area contributed by atoms with Crippen molar-refractivity contribution in [3.8, 4) is 0 Å². The molecule has 0 spiro atoms. The van der Waals surface area contributed by atoms with E-state index >= 15 is 0 Å². The Labute approximate surface area is 102 Å². The molecule has 0 aliphatic carbocycles. The van der Waals surface area contributed by atoms with Gasteiger partial charge in [-0.1, -0.05) is 54.5 Å². The predicted octanol–water partition coefficient (Wildman–Crippen LogP) is 5.05. The number of aromatic nitrogens is 1. The second-order valence-electron chi connectivity index (χ2n) is 4.35. The highest BCUT2D eigenvalue weighted by Crippen LogP contribution is 2.20. The number of hydrogen-bond acceptors (Lipinski definition) is 1. The molecule has 1 aromatic heterocycles. The Hall–Kier alpha value is -0.850. The Balaban J connectivity index is 0. The molecule has 0 unspecified atom stereocenters. The van der Waals surface area contributed by atoms with Crippen molar-refractivity contribution in [3.05, 3.63) is 29.1 Å². The minimum Gasteiger partial charge on any atom is -0.257 e. The molecular formula is C15H29N. The highest BCUT2D eigenvalue weighted by molar-refractivity contribution is 5.23. The highest BCUT2D eigenvalue weighted by Gasteiger charge is 2.15. The van der Waals surface area contributed by atoms with Crippen LogP contribution in [0.3, 0.4) is 0 Å². The summed E-state index contributed by atoms with van der Waals surface area (Å²) in [7, 11) is 0. The summed E-state index contributed by atoms with van der Waals surface area (Å²) in [5.41, 5.74) is 3.74. The molecule has 94 valence electrons. The van der Waals surface area contributed by atoms with Gasteiger partial charge in [0.2, 0.25) is 0 Å². The van der Waals surface area contributed by atoms with E-state index in [1.54, 1.807) is 0 Å². The molecule has 1 heterocycles. The zero-order chi connectivity index (χ0) is 13.4. The van der Waals surface area contributed by atoms with Gasteiger partial charge in [-0.25, -0.2) is 0 Å². The number of nitrogens with zero attached hydrogens (tertiary/aromatic N) is 1. The van der Waals surface area contributed by atoms with Crippen LogP contribution in [0.15, 0.2) is 12.1 Å². The van der Waals surface area contributed by atoms with E-state index in [4.69, 9.17) is 0 Å². The summed E-state index contributed by atoms with van der Waals surface area (Å²) in [6.07, 6.45) is 0. The van der Waals surface area contributed by atoms with Crippen molar-refractivity contribution >= 4 is 0 Å². The molecule has 0 amide bonds. The monoisotopic (exact) mass is 223 g/mol. The zero-order valence-electron chi connectivity index (χ0n) is 12.6. The Bertz CT molecular complexity index is 282. The van der Waals surface area contributed by atoms with Gasteiger partial charge in [0.05, 0.1) is 0 Å². The molecule has 0 saturated carbocycles. The maximum absolute atomic E-state index is 4.54. The molecule has 1 aromatic rings. The predicted molar refractivity (Wildman–Crippen MR) is 75.1 cm³/mol. The first-order valence-electron chi connectivity index (χ1n) is 6.36. The average Bonchev–Trinajstić information content (AvgIpc) is 2.26. The molecule has 16 heavy (non-hydrogen) atoms. The fourth-order valence-corrected chi connectivity index (χ4v) is 1.05. The maximum Gasteiger partial charge on any atom is 0.0460 e. The van der Waals surface area contributed by atoms with Gasteiger partial charge in [-0.05, 0) is 25.5 Å². The molecule has 1 rings (SSSR count). The topological polar surface area (TPSA) is 12.9 Å². The molecule has 0 aromatic carbocycles. The minimum absolute atomic E-state index is 0.165. The summed E-state index contributed by atoms with van der Waals surface area (Å²) < 4.78 is 0. The number of pyridine rings is 1. The number of hydrogen-bond donors (Lipinski definition) is 0. The third-order valence-electron chi connectivity index (χ3n) is 2.12. The van der Waals surface area contributed by atoms with Crippen LogP contribution in [0.5, 0.6) is 0 Å². The quantitative estimate of drug-likeness (QED) is 0.600. The summed E-state index contributed by atoms with van der Waals surface area (Å²) in [6.45, 7) is 18.7. The molecule has 0 aliphatic rings. The fraction of sp³-hybridized carbons (Fsp3) is 0.667. The molecule has 0 atom stereocenters. The van der Waals surface area contributed by atoms with Crippen molar-refractivity contribution < 1.29 is 0 Å². The van der Waals surface area contributed by atoms with Gasteiger partial charge >= 0.3 is 0 Å². The first-order valence-corrected chi connectivity index (χ1v) is 6.36. The Morgan fingerprint density at radius 2 is 1.31 bits per heavy atom. The number of aryl methyl sites for hydroxylation is 2. The lowest BCUT2D eigenvalue weighted by Gasteiger charge is -2.18. The van der Waals surface area contributed by atoms with Crippen LogP contribution < -0.4 is 0 Å². The van der Waals surface area contributed by atoms with Gasteiger partial charge in [0.15, 0.2) is 0 Å². The van der Waals surface area contributed by atoms with Crippen LogP contribution in [0.4, 0.5) is 0 Å². The van der Waals surface area contributed by atoms with Gasteiger partial charge in [-0.15, -0.1) is 0 Å². The van der Waals surface area contributed by atoms with Crippen molar-refractivity contribution in [1.82, 2.24) is 4.98 Å². The van der Waals surface area contributed by atoms with E-state index < -0.39 is 0 Å². The van der Waals surface area contributed by atoms with Gasteiger partial charge in [-0.2, -0.15) is 0 Å². The molecule has 1 nitrogen and oxygen atoms in total. The normalized spacial score (nSPS) is 9.56. The maximum atomic E-state index is 4.54. The summed E-state index contributed by atoms with van der Waals surface area (Å²) in [6, 6.07) is 4.26. The largest absolute Gasteiger partial charge is 0.257 e. The third kappa shape index (κ3) is 5.89. The molecule has 0 aliphatic heterocycles. The SMILES string of the molecule is CC.CC.Cc1ccc(C(C)(C)C)nc1C. The van der Waals surface area contributed by atoms with E-state index in [0.29, 0.717) is 0 Å². The Morgan fingerprint density at radius 1 is 0.875 bits per heavy atom. The van der Waals surface area contributed by atoms with Crippen molar-refractivity contribution in [2.75, 3.05) is 0 Å². The van der Waals surface area contributed by atoms with Gasteiger partial charge < -0.3 is 0 Å². The molecular weight excluding hydrogens is 194 g/mol. The van der Waals surface area contributed by atoms with Gasteiger partial charge in [-0.3, -0.25) is 4.98 Å². The van der Waals surface area contributed by atoms with Gasteiger partial charge in [0.1, 0.15) is 0 Å². The van der Waals surface area contributed by atoms with Crippen molar-refractivity contribution in [3.63, 3.8) is 0 Å². The lowest BCUT2D eigenvalue weighted by atomic mass is 9.91. The van der Waals surface area contributed by atoms with Crippen LogP contribution in [0.1, 0.15) is 65.4 Å². The smallest absolute Gasteiger partial charge is 0.0460 e. The Kier molecular flexibility index (Phi) is 9.12. The molecule has 0 bridgehead atoms. The lowest BCUT2D eigenvalue weighted by molar-refractivity contribution is 0.566. The lowest BCUT2D eigenvalue weighted by Crippen LogP contribution is -2.14. The van der Waals surface area contributed by atoms with Crippen molar-refractivity contribution in [1.29, 1.82) is 0 Å². The van der Waals surface area contributed by atoms with Crippen LogP contribution in [-0.2, 0) is 5.41 Å². The first-order chi connectivity index (χ1) is 7.41. The zero-order valence-corrected chi connectivity index (χ0v) is 12.6. The standard InChI is InChI=1S/C11H17N.2C2H6/c1-8-6-7-10(11(3,4)5)12-9(8)2;2*1-2/h6-7H,1-5H3;2*1-2H3. The summed E-state index contributed by atoms with van der Waals surface area (Å²) in [4.78, 5) is 4.54. The molecule has 0 fully saturated rings. The first kappa shape index (κ1) is 17.5. The van der Waals surface area contributed by atoms with Crippen molar-refractivity contribution in [2.45, 2.75) is 67.7 Å². The van der Waals surface area contributed by atoms with E-state index in [1.807, 2.05) is 27.7 Å². The molecule has 0 N–H and O–H groups in total. The molecule has 0 saturated heterocycles. The minimum atomic E-state index is 0.165. The summed E-state index contributed by atoms with van der Waals surface area (Å²) in [5, 5.41) is 0. The molecule has 1 heteroatoms. The Morgan fingerprint density at radius 3 is 1.62 bits per heavy atom. The third-order valence-corrected chi connectivity index (χ3v) is 2.12. The van der Waals surface area contributed by atoms with Crippen LogP contribution in [0.25, 0.3) is 0 Å².